The number of nitrogens with zero attached hydrogens (tertiary/aromatic N) is 4. The van der Waals surface area contributed by atoms with E-state index in [2.05, 4.69) is 15.4 Å². The Morgan fingerprint density at radius 2 is 2.41 bits per heavy atom. The van der Waals surface area contributed by atoms with E-state index in [-0.39, 0.29) is 5.15 Å². The predicted molar refractivity (Wildman–Crippen MR) is 67.7 cm³/mol. The van der Waals surface area contributed by atoms with E-state index in [4.69, 9.17) is 16.9 Å². The van der Waals surface area contributed by atoms with Crippen molar-refractivity contribution in [3.63, 3.8) is 0 Å². The molecule has 0 unspecified atom stereocenters. The van der Waals surface area contributed by atoms with Crippen LogP contribution in [0.4, 0.5) is 10.8 Å². The molecular weight excluding hydrogens is 258 g/mol. The maximum Gasteiger partial charge on any atom is 0.190 e. The third-order valence-electron chi connectivity index (χ3n) is 2.17. The summed E-state index contributed by atoms with van der Waals surface area (Å²) in [5.41, 5.74) is 1.85. The highest BCUT2D eigenvalue weighted by atomic mass is 35.5. The Kier molecular flexibility index (Phi) is 3.31. The molecule has 0 amide bonds. The molecule has 0 fully saturated rings. The van der Waals surface area contributed by atoms with Gasteiger partial charge in [0.1, 0.15) is 10.9 Å². The van der Waals surface area contributed by atoms with Gasteiger partial charge >= 0.3 is 0 Å². The zero-order valence-corrected chi connectivity index (χ0v) is 10.9. The van der Waals surface area contributed by atoms with Crippen LogP contribution >= 0.6 is 22.9 Å². The average molecular weight is 268 g/mol. The highest BCUT2D eigenvalue weighted by molar-refractivity contribution is 7.16. The van der Waals surface area contributed by atoms with Gasteiger partial charge in [-0.25, -0.2) is 4.98 Å². The van der Waals surface area contributed by atoms with Crippen LogP contribution in [-0.4, -0.2) is 14.8 Å². The molecular formula is C10H10ClN5S. The molecule has 1 N–H and O–H groups in total. The summed E-state index contributed by atoms with van der Waals surface area (Å²) in [4.78, 5) is 4.49. The van der Waals surface area contributed by atoms with Gasteiger partial charge in [0.15, 0.2) is 10.3 Å². The number of nitrogens with one attached hydrogen (secondary N) is 1. The van der Waals surface area contributed by atoms with E-state index in [1.165, 1.54) is 11.3 Å². The fourth-order valence-electron chi connectivity index (χ4n) is 1.44. The van der Waals surface area contributed by atoms with Crippen LogP contribution in [0.2, 0.25) is 5.15 Å². The lowest BCUT2D eigenvalue weighted by Gasteiger charge is -1.99. The predicted octanol–water partition coefficient (Wildman–Crippen LogP) is 2.71. The van der Waals surface area contributed by atoms with Gasteiger partial charge in [-0.15, -0.1) is 0 Å². The van der Waals surface area contributed by atoms with Gasteiger partial charge in [-0.05, 0) is 6.42 Å². The first-order valence-corrected chi connectivity index (χ1v) is 6.19. The molecule has 0 aromatic carbocycles. The van der Waals surface area contributed by atoms with Crippen molar-refractivity contribution in [2.75, 3.05) is 5.32 Å². The molecule has 0 saturated carbocycles. The molecule has 0 atom stereocenters. The Bertz CT molecular complexity index is 580. The third-order valence-corrected chi connectivity index (χ3v) is 3.43. The second kappa shape index (κ2) is 4.73. The molecule has 0 saturated heterocycles. The van der Waals surface area contributed by atoms with Crippen molar-refractivity contribution >= 4 is 33.8 Å². The maximum absolute atomic E-state index is 8.79. The van der Waals surface area contributed by atoms with E-state index >= 15 is 0 Å². The zero-order chi connectivity index (χ0) is 12.4. The number of thiazole rings is 1. The first-order valence-electron chi connectivity index (χ1n) is 5.00. The minimum absolute atomic E-state index is 0.238. The number of aryl methyl sites for hydroxylation is 2. The second-order valence-electron chi connectivity index (χ2n) is 3.39. The van der Waals surface area contributed by atoms with Gasteiger partial charge in [0.25, 0.3) is 0 Å². The zero-order valence-electron chi connectivity index (χ0n) is 9.36. The van der Waals surface area contributed by atoms with E-state index < -0.39 is 0 Å². The summed E-state index contributed by atoms with van der Waals surface area (Å²) < 4.78 is 1.74. The summed E-state index contributed by atoms with van der Waals surface area (Å²) in [5, 5.41) is 17.1. The van der Waals surface area contributed by atoms with E-state index in [1.807, 2.05) is 26.2 Å². The molecule has 2 aromatic rings. The van der Waals surface area contributed by atoms with Crippen LogP contribution in [0.25, 0.3) is 0 Å². The van der Waals surface area contributed by atoms with Gasteiger partial charge in [0.2, 0.25) is 0 Å². The number of aromatic nitrogens is 3. The number of anilines is 2. The number of hydrogen-bond acceptors (Lipinski definition) is 5. The van der Waals surface area contributed by atoms with Crippen LogP contribution in [-0.2, 0) is 13.5 Å². The van der Waals surface area contributed by atoms with E-state index in [0.717, 1.165) is 17.8 Å². The quantitative estimate of drug-likeness (QED) is 0.928. The molecule has 0 radical (unpaired) electrons. The summed E-state index contributed by atoms with van der Waals surface area (Å²) in [5.74, 6) is 0. The minimum Gasteiger partial charge on any atom is -0.329 e. The van der Waals surface area contributed by atoms with Gasteiger partial charge in [-0.3, -0.25) is 4.68 Å². The van der Waals surface area contributed by atoms with Crippen molar-refractivity contribution in [3.8, 4) is 6.07 Å². The summed E-state index contributed by atoms with van der Waals surface area (Å²) in [6.45, 7) is 2.03. The van der Waals surface area contributed by atoms with Crippen molar-refractivity contribution in [2.24, 2.45) is 7.05 Å². The highest BCUT2D eigenvalue weighted by Crippen LogP contribution is 2.29. The fraction of sp³-hybridized carbons (Fsp3) is 0.300. The van der Waals surface area contributed by atoms with Gasteiger partial charge in [0.05, 0.1) is 11.4 Å². The molecule has 0 spiro atoms. The van der Waals surface area contributed by atoms with E-state index in [1.54, 1.807) is 4.68 Å². The SMILES string of the molecule is CCc1nn(C)cc1Nc1nc(Cl)c(C#N)s1. The lowest BCUT2D eigenvalue weighted by Crippen LogP contribution is -1.92. The lowest BCUT2D eigenvalue weighted by atomic mass is 10.3. The van der Waals surface area contributed by atoms with Gasteiger partial charge < -0.3 is 5.32 Å². The van der Waals surface area contributed by atoms with E-state index in [9.17, 15) is 0 Å². The summed E-state index contributed by atoms with van der Waals surface area (Å²) in [6.07, 6.45) is 2.70. The number of halogens is 1. The molecule has 2 rings (SSSR count). The van der Waals surface area contributed by atoms with Crippen molar-refractivity contribution in [3.05, 3.63) is 21.9 Å². The third kappa shape index (κ3) is 2.40. The first-order chi connectivity index (χ1) is 8.13. The molecule has 17 heavy (non-hydrogen) atoms. The maximum atomic E-state index is 8.79. The molecule has 0 aliphatic carbocycles. The Morgan fingerprint density at radius 1 is 1.65 bits per heavy atom. The first kappa shape index (κ1) is 11.9. The van der Waals surface area contributed by atoms with Crippen molar-refractivity contribution in [1.82, 2.24) is 14.8 Å². The number of nitriles is 1. The molecule has 0 bridgehead atoms. The molecule has 88 valence electrons. The van der Waals surface area contributed by atoms with Gasteiger partial charge in [-0.2, -0.15) is 10.4 Å². The monoisotopic (exact) mass is 267 g/mol. The fourth-order valence-corrected chi connectivity index (χ4v) is 2.40. The minimum atomic E-state index is 0.238. The molecule has 5 nitrogen and oxygen atoms in total. The lowest BCUT2D eigenvalue weighted by molar-refractivity contribution is 0.746. The topological polar surface area (TPSA) is 66.5 Å². The Hall–Kier alpha value is -1.58. The summed E-state index contributed by atoms with van der Waals surface area (Å²) in [6, 6.07) is 2.00. The second-order valence-corrected chi connectivity index (χ2v) is 4.75. The number of rotatable bonds is 3. The molecule has 0 aliphatic rings. The Balaban J connectivity index is 2.28. The standard InChI is InChI=1S/C10H10ClN5S/c1-3-6-7(5-16(2)15-6)13-10-14-9(11)8(4-12)17-10/h5H,3H2,1-2H3,(H,13,14). The van der Waals surface area contributed by atoms with Crippen LogP contribution in [0.5, 0.6) is 0 Å². The largest absolute Gasteiger partial charge is 0.329 e. The van der Waals surface area contributed by atoms with Crippen molar-refractivity contribution < 1.29 is 0 Å². The Labute approximate surface area is 108 Å². The highest BCUT2D eigenvalue weighted by Gasteiger charge is 2.11. The molecule has 0 aliphatic heterocycles. The normalized spacial score (nSPS) is 10.2. The molecule has 2 aromatic heterocycles. The van der Waals surface area contributed by atoms with Gasteiger partial charge in [-0.1, -0.05) is 29.9 Å². The number of hydrogen-bond donors (Lipinski definition) is 1. The van der Waals surface area contributed by atoms with Crippen LogP contribution < -0.4 is 5.32 Å². The van der Waals surface area contributed by atoms with Crippen molar-refractivity contribution in [2.45, 2.75) is 13.3 Å². The molecule has 7 heteroatoms. The smallest absolute Gasteiger partial charge is 0.190 e. The van der Waals surface area contributed by atoms with Crippen LogP contribution in [0.1, 0.15) is 17.5 Å². The Morgan fingerprint density at radius 3 is 3.00 bits per heavy atom. The molecule has 2 heterocycles. The summed E-state index contributed by atoms with van der Waals surface area (Å²) in [7, 11) is 1.86. The van der Waals surface area contributed by atoms with Crippen LogP contribution in [0.3, 0.4) is 0 Å². The van der Waals surface area contributed by atoms with Gasteiger partial charge in [0, 0.05) is 13.2 Å². The summed E-state index contributed by atoms with van der Waals surface area (Å²) >= 11 is 7.04. The average Bonchev–Trinajstić information content (AvgIpc) is 2.82. The van der Waals surface area contributed by atoms with E-state index in [0.29, 0.717) is 10.0 Å². The van der Waals surface area contributed by atoms with Crippen LogP contribution in [0.15, 0.2) is 6.20 Å². The van der Waals surface area contributed by atoms with Crippen LogP contribution in [0, 0.1) is 11.3 Å². The van der Waals surface area contributed by atoms with Crippen molar-refractivity contribution in [1.29, 1.82) is 5.26 Å².